The molecule has 1 aliphatic heterocycles. The lowest BCUT2D eigenvalue weighted by atomic mass is 10.4. The van der Waals surface area contributed by atoms with Crippen molar-refractivity contribution in [2.24, 2.45) is 0 Å². The van der Waals surface area contributed by atoms with Crippen molar-refractivity contribution >= 4 is 40.9 Å². The molecule has 1 amide bonds. The summed E-state index contributed by atoms with van der Waals surface area (Å²) >= 11 is 15.8. The molecule has 1 aliphatic rings. The third-order valence-electron chi connectivity index (χ3n) is 1.57. The lowest BCUT2D eigenvalue weighted by molar-refractivity contribution is 0.108. The van der Waals surface area contributed by atoms with E-state index in [1.54, 1.807) is 0 Å². The smallest absolute Gasteiger partial charge is 0.398 e. The van der Waals surface area contributed by atoms with E-state index in [0.717, 1.165) is 12.8 Å². The molecule has 0 atom stereocenters. The Kier molecular flexibility index (Phi) is 3.32. The third-order valence-corrected chi connectivity index (χ3v) is 1.80. The van der Waals surface area contributed by atoms with Gasteiger partial charge < -0.3 is 9.64 Å². The molecule has 0 aromatic carbocycles. The maximum atomic E-state index is 11.1. The molecule has 1 fully saturated rings. The predicted octanol–water partition coefficient (Wildman–Crippen LogP) is 2.55. The van der Waals surface area contributed by atoms with Crippen molar-refractivity contribution < 1.29 is 9.53 Å². The van der Waals surface area contributed by atoms with Gasteiger partial charge in [0.2, 0.25) is 0 Å². The van der Waals surface area contributed by atoms with E-state index in [1.165, 1.54) is 4.90 Å². The molecule has 0 aromatic rings. The highest BCUT2D eigenvalue weighted by Crippen LogP contribution is 2.28. The number of hydrogen-bond acceptors (Lipinski definition) is 2. The number of rotatable bonds is 0. The maximum Gasteiger partial charge on any atom is 0.413 e. The van der Waals surface area contributed by atoms with Crippen LogP contribution in [0, 0.1) is 0 Å². The average Bonchev–Trinajstić information content (AvgIpc) is 2.32. The first kappa shape index (κ1) is 10.2. The van der Waals surface area contributed by atoms with Gasteiger partial charge in [-0.25, -0.2) is 4.79 Å². The minimum atomic E-state index is -1.94. The van der Waals surface area contributed by atoms with Crippen molar-refractivity contribution in [3.63, 3.8) is 0 Å². The van der Waals surface area contributed by atoms with Crippen LogP contribution >= 0.6 is 34.8 Å². The van der Waals surface area contributed by atoms with E-state index in [4.69, 9.17) is 34.8 Å². The van der Waals surface area contributed by atoms with Crippen molar-refractivity contribution in [1.82, 2.24) is 4.90 Å². The van der Waals surface area contributed by atoms with E-state index in [9.17, 15) is 4.79 Å². The van der Waals surface area contributed by atoms with Crippen molar-refractivity contribution in [2.75, 3.05) is 13.1 Å². The lowest BCUT2D eigenvalue weighted by Crippen LogP contribution is -2.31. The van der Waals surface area contributed by atoms with Crippen LogP contribution in [-0.2, 0) is 4.74 Å². The standard InChI is InChI=1S/C6H8Cl3NO2/c7-6(8,9)12-5(11)10-3-1-2-4-10/h1-4H2. The summed E-state index contributed by atoms with van der Waals surface area (Å²) in [6.45, 7) is 1.36. The van der Waals surface area contributed by atoms with Crippen LogP contribution in [0.25, 0.3) is 0 Å². The Morgan fingerprint density at radius 1 is 1.25 bits per heavy atom. The van der Waals surface area contributed by atoms with Crippen LogP contribution in [0.3, 0.4) is 0 Å². The molecule has 0 saturated carbocycles. The Balaban J connectivity index is 2.37. The first-order valence-corrected chi connectivity index (χ1v) is 4.67. The molecule has 0 aromatic heterocycles. The molecule has 1 heterocycles. The second-order valence-electron chi connectivity index (χ2n) is 2.51. The fraction of sp³-hybridized carbons (Fsp3) is 0.833. The molecule has 0 radical (unpaired) electrons. The highest BCUT2D eigenvalue weighted by atomic mass is 35.6. The van der Waals surface area contributed by atoms with E-state index >= 15 is 0 Å². The number of nitrogens with zero attached hydrogens (tertiary/aromatic N) is 1. The SMILES string of the molecule is O=C(OC(Cl)(Cl)Cl)N1CCCC1. The van der Waals surface area contributed by atoms with Crippen molar-refractivity contribution in [2.45, 2.75) is 16.8 Å². The zero-order chi connectivity index (χ0) is 9.19. The molecule has 1 rings (SSSR count). The number of amides is 1. The van der Waals surface area contributed by atoms with Gasteiger partial charge in [0.25, 0.3) is 0 Å². The third kappa shape index (κ3) is 3.25. The van der Waals surface area contributed by atoms with Crippen LogP contribution in [0.15, 0.2) is 0 Å². The molecule has 70 valence electrons. The molecular formula is C6H8Cl3NO2. The summed E-state index contributed by atoms with van der Waals surface area (Å²) in [5.74, 6) is 0. The van der Waals surface area contributed by atoms with Crippen LogP contribution in [0.2, 0.25) is 0 Å². The Morgan fingerprint density at radius 3 is 2.17 bits per heavy atom. The number of ether oxygens (including phenoxy) is 1. The minimum absolute atomic E-state index is 0.562. The van der Waals surface area contributed by atoms with Gasteiger partial charge in [-0.1, -0.05) is 0 Å². The zero-order valence-electron chi connectivity index (χ0n) is 6.23. The predicted molar refractivity (Wildman–Crippen MR) is 47.6 cm³/mol. The fourth-order valence-electron chi connectivity index (χ4n) is 1.06. The molecule has 0 unspecified atom stereocenters. The maximum absolute atomic E-state index is 11.1. The Hall–Kier alpha value is 0.140. The molecular weight excluding hydrogens is 224 g/mol. The Bertz CT molecular complexity index is 174. The van der Waals surface area contributed by atoms with Crippen molar-refractivity contribution in [3.05, 3.63) is 0 Å². The van der Waals surface area contributed by atoms with Crippen molar-refractivity contribution in [1.29, 1.82) is 0 Å². The van der Waals surface area contributed by atoms with Gasteiger partial charge in [0, 0.05) is 13.1 Å². The summed E-state index contributed by atoms with van der Waals surface area (Å²) in [5, 5.41) is 0. The molecule has 12 heavy (non-hydrogen) atoms. The normalized spacial score (nSPS) is 18.1. The van der Waals surface area contributed by atoms with Gasteiger partial charge in [0.15, 0.2) is 0 Å². The Morgan fingerprint density at radius 2 is 1.75 bits per heavy atom. The largest absolute Gasteiger partial charge is 0.413 e. The second kappa shape index (κ2) is 3.90. The molecule has 0 bridgehead atoms. The van der Waals surface area contributed by atoms with E-state index < -0.39 is 10.1 Å². The monoisotopic (exact) mass is 231 g/mol. The Labute approximate surface area is 85.5 Å². The van der Waals surface area contributed by atoms with Crippen LogP contribution in [0.5, 0.6) is 0 Å². The van der Waals surface area contributed by atoms with Crippen molar-refractivity contribution in [3.8, 4) is 0 Å². The quantitative estimate of drug-likeness (QED) is 0.601. The summed E-state index contributed by atoms with van der Waals surface area (Å²) in [4.78, 5) is 12.6. The van der Waals surface area contributed by atoms with Gasteiger partial charge >= 0.3 is 10.1 Å². The fourth-order valence-corrected chi connectivity index (χ4v) is 1.26. The van der Waals surface area contributed by atoms with Gasteiger partial charge in [-0.2, -0.15) is 0 Å². The summed E-state index contributed by atoms with van der Waals surface area (Å²) in [7, 11) is 0. The number of alkyl halides is 3. The average molecular weight is 232 g/mol. The first-order chi connectivity index (χ1) is 5.49. The molecule has 1 saturated heterocycles. The van der Waals surface area contributed by atoms with Gasteiger partial charge in [0.1, 0.15) is 0 Å². The summed E-state index contributed by atoms with van der Waals surface area (Å²) in [6.07, 6.45) is 1.40. The second-order valence-corrected chi connectivity index (χ2v) is 4.69. The lowest BCUT2D eigenvalue weighted by Gasteiger charge is -2.18. The summed E-state index contributed by atoms with van der Waals surface area (Å²) < 4.78 is 2.56. The minimum Gasteiger partial charge on any atom is -0.398 e. The van der Waals surface area contributed by atoms with Gasteiger partial charge in [-0.15, -0.1) is 0 Å². The summed E-state index contributed by atoms with van der Waals surface area (Å²) in [6, 6.07) is 0. The highest BCUT2D eigenvalue weighted by Gasteiger charge is 2.29. The van der Waals surface area contributed by atoms with Crippen LogP contribution in [0.4, 0.5) is 4.79 Å². The van der Waals surface area contributed by atoms with Gasteiger partial charge in [0.05, 0.1) is 0 Å². The molecule has 6 heteroatoms. The van der Waals surface area contributed by atoms with Crippen LogP contribution in [0.1, 0.15) is 12.8 Å². The zero-order valence-corrected chi connectivity index (χ0v) is 8.49. The number of hydrogen-bond donors (Lipinski definition) is 0. The molecule has 3 nitrogen and oxygen atoms in total. The molecule has 0 spiro atoms. The highest BCUT2D eigenvalue weighted by molar-refractivity contribution is 6.66. The summed E-state index contributed by atoms with van der Waals surface area (Å²) in [5.41, 5.74) is 0. The van der Waals surface area contributed by atoms with E-state index in [-0.39, 0.29) is 0 Å². The topological polar surface area (TPSA) is 29.5 Å². The number of likely N-dealkylation sites (tertiary alicyclic amines) is 1. The van der Waals surface area contributed by atoms with E-state index in [1.807, 2.05) is 0 Å². The van der Waals surface area contributed by atoms with Crippen LogP contribution < -0.4 is 0 Å². The number of carbonyl (C=O) groups excluding carboxylic acids is 1. The molecule has 0 N–H and O–H groups in total. The van der Waals surface area contributed by atoms with Crippen LogP contribution in [-0.4, -0.2) is 28.1 Å². The number of carbonyl (C=O) groups is 1. The first-order valence-electron chi connectivity index (χ1n) is 3.54. The number of halogens is 3. The molecule has 0 aliphatic carbocycles. The van der Waals surface area contributed by atoms with E-state index in [2.05, 4.69) is 4.74 Å². The van der Waals surface area contributed by atoms with Gasteiger partial charge in [-0.3, -0.25) is 0 Å². The van der Waals surface area contributed by atoms with E-state index in [0.29, 0.717) is 13.1 Å². The van der Waals surface area contributed by atoms with Gasteiger partial charge in [-0.05, 0) is 47.6 Å².